The summed E-state index contributed by atoms with van der Waals surface area (Å²) in [4.78, 5) is 24.0. The number of ether oxygens (including phenoxy) is 1. The van der Waals surface area contributed by atoms with Crippen LogP contribution in [0.1, 0.15) is 53.9 Å². The van der Waals surface area contributed by atoms with E-state index in [1.165, 1.54) is 6.92 Å². The molecule has 110 valence electrons. The van der Waals surface area contributed by atoms with Gasteiger partial charge >= 0.3 is 0 Å². The van der Waals surface area contributed by atoms with E-state index in [1.54, 1.807) is 6.07 Å². The SMILES string of the molecule is CC1=C(O)c2c(cc3c(c2O)[C@@H](C)O[C@@H](C)C3)C(=O)C1=O. The number of phenolic OH excluding ortho intramolecular Hbond substituents is 1. The zero-order valence-electron chi connectivity index (χ0n) is 12.1. The van der Waals surface area contributed by atoms with Gasteiger partial charge in [-0.1, -0.05) is 0 Å². The largest absolute Gasteiger partial charge is 0.507 e. The maximum Gasteiger partial charge on any atom is 0.234 e. The van der Waals surface area contributed by atoms with Crippen molar-refractivity contribution >= 4 is 17.3 Å². The molecule has 21 heavy (non-hydrogen) atoms. The molecule has 3 rings (SSSR count). The molecule has 1 aromatic rings. The van der Waals surface area contributed by atoms with Crippen molar-refractivity contribution < 1.29 is 24.5 Å². The lowest BCUT2D eigenvalue weighted by molar-refractivity contribution is -0.111. The number of rotatable bonds is 0. The van der Waals surface area contributed by atoms with Gasteiger partial charge in [0.2, 0.25) is 11.6 Å². The third kappa shape index (κ3) is 1.81. The molecule has 0 saturated carbocycles. The van der Waals surface area contributed by atoms with Crippen molar-refractivity contribution in [3.8, 4) is 5.75 Å². The minimum atomic E-state index is -0.729. The highest BCUT2D eigenvalue weighted by atomic mass is 16.5. The molecule has 5 heteroatoms. The van der Waals surface area contributed by atoms with Gasteiger partial charge in [-0.15, -0.1) is 0 Å². The van der Waals surface area contributed by atoms with Gasteiger partial charge in [0, 0.05) is 16.7 Å². The maximum atomic E-state index is 12.1. The van der Waals surface area contributed by atoms with E-state index in [2.05, 4.69) is 0 Å². The van der Waals surface area contributed by atoms with Crippen molar-refractivity contribution in [3.63, 3.8) is 0 Å². The van der Waals surface area contributed by atoms with Crippen LogP contribution in [0.4, 0.5) is 0 Å². The number of carbonyl (C=O) groups is 2. The number of carbonyl (C=O) groups excluding carboxylic acids is 2. The van der Waals surface area contributed by atoms with Crippen molar-refractivity contribution in [1.82, 2.24) is 0 Å². The minimum Gasteiger partial charge on any atom is -0.507 e. The number of hydrogen-bond acceptors (Lipinski definition) is 5. The first-order chi connectivity index (χ1) is 9.82. The van der Waals surface area contributed by atoms with Crippen LogP contribution in [-0.2, 0) is 16.0 Å². The van der Waals surface area contributed by atoms with Crippen LogP contribution < -0.4 is 0 Å². The Morgan fingerprint density at radius 2 is 1.86 bits per heavy atom. The summed E-state index contributed by atoms with van der Waals surface area (Å²) >= 11 is 0. The fourth-order valence-corrected chi connectivity index (χ4v) is 3.14. The lowest BCUT2D eigenvalue weighted by Crippen LogP contribution is -2.27. The number of aromatic hydroxyl groups is 1. The number of fused-ring (bicyclic) bond motifs is 2. The standard InChI is InChI=1S/C16H16O5/c1-6-4-9-5-10-12(16(20)11(9)8(3)21-6)13(17)7(2)14(18)15(10)19/h5-6,8,17,20H,4H2,1-3H3/t6-,8+/m0/s1. The normalized spacial score (nSPS) is 24.9. The summed E-state index contributed by atoms with van der Waals surface area (Å²) in [7, 11) is 0. The summed E-state index contributed by atoms with van der Waals surface area (Å²) in [6, 6.07) is 1.60. The zero-order chi connectivity index (χ0) is 15.5. The smallest absolute Gasteiger partial charge is 0.234 e. The number of Topliss-reactive ketones (excluding diaryl/α,β-unsaturated/α-hetero) is 2. The Kier molecular flexibility index (Phi) is 2.92. The third-order valence-corrected chi connectivity index (χ3v) is 4.16. The molecular weight excluding hydrogens is 272 g/mol. The molecule has 0 bridgehead atoms. The fourth-order valence-electron chi connectivity index (χ4n) is 3.14. The van der Waals surface area contributed by atoms with E-state index in [1.807, 2.05) is 13.8 Å². The molecule has 1 aromatic carbocycles. The van der Waals surface area contributed by atoms with Crippen molar-refractivity contribution in [1.29, 1.82) is 0 Å². The Bertz CT molecular complexity index is 714. The Morgan fingerprint density at radius 3 is 2.52 bits per heavy atom. The summed E-state index contributed by atoms with van der Waals surface area (Å²) < 4.78 is 5.68. The van der Waals surface area contributed by atoms with Gasteiger partial charge in [-0.2, -0.15) is 0 Å². The van der Waals surface area contributed by atoms with Crippen LogP contribution in [0.15, 0.2) is 11.6 Å². The molecule has 1 heterocycles. The minimum absolute atomic E-state index is 0.0368. The highest BCUT2D eigenvalue weighted by Gasteiger charge is 2.37. The molecule has 0 unspecified atom stereocenters. The van der Waals surface area contributed by atoms with E-state index < -0.39 is 11.6 Å². The van der Waals surface area contributed by atoms with E-state index in [-0.39, 0.29) is 40.4 Å². The van der Waals surface area contributed by atoms with Gasteiger partial charge in [-0.25, -0.2) is 0 Å². The van der Waals surface area contributed by atoms with E-state index >= 15 is 0 Å². The van der Waals surface area contributed by atoms with Crippen LogP contribution >= 0.6 is 0 Å². The highest BCUT2D eigenvalue weighted by molar-refractivity contribution is 6.52. The molecule has 0 saturated heterocycles. The second kappa shape index (κ2) is 4.43. The fraction of sp³-hybridized carbons (Fsp3) is 0.375. The van der Waals surface area contributed by atoms with Gasteiger partial charge in [0.15, 0.2) is 0 Å². The average molecular weight is 288 g/mol. The second-order valence-corrected chi connectivity index (χ2v) is 5.65. The van der Waals surface area contributed by atoms with E-state index in [4.69, 9.17) is 4.74 Å². The number of aliphatic hydroxyl groups excluding tert-OH is 1. The van der Waals surface area contributed by atoms with Gasteiger partial charge in [0.25, 0.3) is 0 Å². The van der Waals surface area contributed by atoms with Gasteiger partial charge in [-0.05, 0) is 38.8 Å². The lowest BCUT2D eigenvalue weighted by atomic mass is 9.82. The van der Waals surface area contributed by atoms with Crippen LogP contribution in [0.3, 0.4) is 0 Å². The summed E-state index contributed by atoms with van der Waals surface area (Å²) in [6.45, 7) is 5.09. The highest BCUT2D eigenvalue weighted by Crippen LogP contribution is 2.44. The molecule has 0 amide bonds. The van der Waals surface area contributed by atoms with Crippen molar-refractivity contribution in [3.05, 3.63) is 33.9 Å². The predicted molar refractivity (Wildman–Crippen MR) is 75.3 cm³/mol. The van der Waals surface area contributed by atoms with Crippen molar-refractivity contribution in [2.24, 2.45) is 0 Å². The predicted octanol–water partition coefficient (Wildman–Crippen LogP) is 2.47. The molecule has 2 N–H and O–H groups in total. The number of aliphatic hydroxyl groups is 1. The number of phenols is 1. The van der Waals surface area contributed by atoms with E-state index in [9.17, 15) is 19.8 Å². The Morgan fingerprint density at radius 1 is 1.19 bits per heavy atom. The van der Waals surface area contributed by atoms with E-state index in [0.717, 1.165) is 5.56 Å². The van der Waals surface area contributed by atoms with Crippen LogP contribution in [0.5, 0.6) is 5.75 Å². The first kappa shape index (κ1) is 13.8. The van der Waals surface area contributed by atoms with Gasteiger partial charge < -0.3 is 14.9 Å². The van der Waals surface area contributed by atoms with E-state index in [0.29, 0.717) is 12.0 Å². The molecule has 0 aromatic heterocycles. The Balaban J connectivity index is 2.34. The second-order valence-electron chi connectivity index (χ2n) is 5.65. The summed E-state index contributed by atoms with van der Waals surface area (Å²) in [6.07, 6.45) is 0.172. The maximum absolute atomic E-state index is 12.1. The molecule has 0 fully saturated rings. The summed E-state index contributed by atoms with van der Waals surface area (Å²) in [5.41, 5.74) is 1.43. The number of ketones is 2. The zero-order valence-corrected chi connectivity index (χ0v) is 12.1. The third-order valence-electron chi connectivity index (χ3n) is 4.16. The van der Waals surface area contributed by atoms with Crippen molar-refractivity contribution in [2.75, 3.05) is 0 Å². The first-order valence-electron chi connectivity index (χ1n) is 6.86. The van der Waals surface area contributed by atoms with Crippen LogP contribution in [-0.4, -0.2) is 27.9 Å². The number of benzene rings is 1. The number of hydrogen-bond donors (Lipinski definition) is 2. The molecule has 2 aliphatic rings. The summed E-state index contributed by atoms with van der Waals surface area (Å²) in [5.74, 6) is -1.92. The quantitative estimate of drug-likeness (QED) is 0.716. The Hall–Kier alpha value is -2.14. The molecule has 0 spiro atoms. The molecule has 2 atom stereocenters. The number of allylic oxidation sites excluding steroid dienone is 1. The topological polar surface area (TPSA) is 83.8 Å². The Labute approximate surface area is 121 Å². The molecular formula is C16H16O5. The first-order valence-corrected chi connectivity index (χ1v) is 6.86. The average Bonchev–Trinajstić information content (AvgIpc) is 2.41. The van der Waals surface area contributed by atoms with Gasteiger partial charge in [0.05, 0.1) is 17.8 Å². The van der Waals surface area contributed by atoms with Crippen LogP contribution in [0.2, 0.25) is 0 Å². The molecule has 1 aliphatic heterocycles. The van der Waals surface area contributed by atoms with Crippen molar-refractivity contribution in [2.45, 2.75) is 39.4 Å². The summed E-state index contributed by atoms with van der Waals surface area (Å²) in [5, 5.41) is 20.6. The van der Waals surface area contributed by atoms with Crippen LogP contribution in [0, 0.1) is 0 Å². The lowest BCUT2D eigenvalue weighted by Gasteiger charge is -2.31. The van der Waals surface area contributed by atoms with Gasteiger partial charge in [-0.3, -0.25) is 9.59 Å². The van der Waals surface area contributed by atoms with Crippen LogP contribution in [0.25, 0.3) is 5.76 Å². The van der Waals surface area contributed by atoms with Gasteiger partial charge in [0.1, 0.15) is 11.5 Å². The molecule has 1 aliphatic carbocycles. The molecule has 5 nitrogen and oxygen atoms in total. The molecule has 0 radical (unpaired) electrons. The monoisotopic (exact) mass is 288 g/mol.